The lowest BCUT2D eigenvalue weighted by atomic mass is 10.1. The molecule has 1 aromatic carbocycles. The van der Waals surface area contributed by atoms with Crippen molar-refractivity contribution in [2.75, 3.05) is 11.9 Å². The second kappa shape index (κ2) is 5.89. The first-order valence-electron chi connectivity index (χ1n) is 6.86. The molecule has 0 atom stereocenters. The number of aryl methyl sites for hydroxylation is 1. The number of hydrogen-bond acceptors (Lipinski definition) is 2. The van der Waals surface area contributed by atoms with E-state index in [1.54, 1.807) is 0 Å². The summed E-state index contributed by atoms with van der Waals surface area (Å²) >= 11 is 0. The number of amides is 1. The maximum atomic E-state index is 12.3. The second-order valence-electron chi connectivity index (χ2n) is 5.03. The summed E-state index contributed by atoms with van der Waals surface area (Å²) < 4.78 is 0. The fourth-order valence-electron chi connectivity index (χ4n) is 2.53. The molecule has 1 aromatic rings. The normalized spacial score (nSPS) is 15.7. The molecule has 1 amide bonds. The Morgan fingerprint density at radius 1 is 1.33 bits per heavy atom. The molecule has 18 heavy (non-hydrogen) atoms. The van der Waals surface area contributed by atoms with Crippen molar-refractivity contribution in [2.45, 2.75) is 45.6 Å². The third-order valence-corrected chi connectivity index (χ3v) is 3.48. The molecule has 0 aromatic heterocycles. The number of rotatable bonds is 4. The third kappa shape index (κ3) is 3.03. The first-order valence-corrected chi connectivity index (χ1v) is 6.86. The first kappa shape index (κ1) is 12.9. The molecule has 1 fully saturated rings. The first-order chi connectivity index (χ1) is 8.70. The summed E-state index contributed by atoms with van der Waals surface area (Å²) in [5.41, 5.74) is 2.87. The number of carbonyl (C=O) groups is 1. The zero-order chi connectivity index (χ0) is 13.0. The van der Waals surface area contributed by atoms with Crippen LogP contribution in [0, 0.1) is 6.92 Å². The quantitative estimate of drug-likeness (QED) is 0.857. The van der Waals surface area contributed by atoms with Crippen LogP contribution in [0.1, 0.15) is 48.5 Å². The molecule has 0 radical (unpaired) electrons. The molecule has 1 aliphatic rings. The molecule has 0 spiro atoms. The van der Waals surface area contributed by atoms with E-state index in [1.807, 2.05) is 32.0 Å². The molecule has 98 valence electrons. The van der Waals surface area contributed by atoms with Gasteiger partial charge in [0.1, 0.15) is 0 Å². The minimum absolute atomic E-state index is 0.0536. The molecule has 0 unspecified atom stereocenters. The molecule has 0 heterocycles. The van der Waals surface area contributed by atoms with E-state index in [1.165, 1.54) is 18.4 Å². The molecule has 3 nitrogen and oxygen atoms in total. The van der Waals surface area contributed by atoms with Crippen molar-refractivity contribution >= 4 is 11.6 Å². The molecule has 3 heteroatoms. The highest BCUT2D eigenvalue weighted by atomic mass is 16.1. The largest absolute Gasteiger partial charge is 0.385 e. The molecular weight excluding hydrogens is 224 g/mol. The van der Waals surface area contributed by atoms with E-state index in [9.17, 15) is 4.79 Å². The van der Waals surface area contributed by atoms with Crippen molar-refractivity contribution in [3.05, 3.63) is 29.3 Å². The Labute approximate surface area is 109 Å². The van der Waals surface area contributed by atoms with Crippen molar-refractivity contribution in [3.8, 4) is 0 Å². The third-order valence-electron chi connectivity index (χ3n) is 3.48. The van der Waals surface area contributed by atoms with E-state index in [-0.39, 0.29) is 5.91 Å². The average Bonchev–Trinajstić information content (AvgIpc) is 2.82. The second-order valence-corrected chi connectivity index (χ2v) is 5.03. The molecule has 0 aliphatic heterocycles. The summed E-state index contributed by atoms with van der Waals surface area (Å²) in [5, 5.41) is 6.40. The van der Waals surface area contributed by atoms with E-state index in [0.29, 0.717) is 6.04 Å². The van der Waals surface area contributed by atoms with E-state index in [4.69, 9.17) is 0 Å². The predicted molar refractivity (Wildman–Crippen MR) is 75.1 cm³/mol. The van der Waals surface area contributed by atoms with Gasteiger partial charge in [0.05, 0.1) is 5.56 Å². The van der Waals surface area contributed by atoms with Gasteiger partial charge in [0.15, 0.2) is 0 Å². The molecule has 1 aliphatic carbocycles. The lowest BCUT2D eigenvalue weighted by molar-refractivity contribution is 0.0938. The fraction of sp³-hybridized carbons (Fsp3) is 0.533. The average molecular weight is 246 g/mol. The van der Waals surface area contributed by atoms with Gasteiger partial charge in [0, 0.05) is 18.3 Å². The van der Waals surface area contributed by atoms with Crippen LogP contribution >= 0.6 is 0 Å². The maximum absolute atomic E-state index is 12.3. The van der Waals surface area contributed by atoms with Crippen LogP contribution < -0.4 is 10.6 Å². The topological polar surface area (TPSA) is 41.1 Å². The summed E-state index contributed by atoms with van der Waals surface area (Å²) in [5.74, 6) is 0.0536. The fourth-order valence-corrected chi connectivity index (χ4v) is 2.53. The van der Waals surface area contributed by atoms with Crippen molar-refractivity contribution in [2.24, 2.45) is 0 Å². The lowest BCUT2D eigenvalue weighted by Gasteiger charge is -2.15. The van der Waals surface area contributed by atoms with Gasteiger partial charge in [-0.2, -0.15) is 0 Å². The Balaban J connectivity index is 2.12. The summed E-state index contributed by atoms with van der Waals surface area (Å²) in [4.78, 5) is 12.3. The number of benzene rings is 1. The minimum atomic E-state index is 0.0536. The number of anilines is 1. The Bertz CT molecular complexity index is 423. The van der Waals surface area contributed by atoms with Gasteiger partial charge in [-0.3, -0.25) is 4.79 Å². The zero-order valence-corrected chi connectivity index (χ0v) is 11.3. The van der Waals surface area contributed by atoms with Gasteiger partial charge in [0.2, 0.25) is 0 Å². The van der Waals surface area contributed by atoms with E-state index in [0.717, 1.165) is 30.6 Å². The summed E-state index contributed by atoms with van der Waals surface area (Å²) in [7, 11) is 0. The molecule has 0 saturated heterocycles. The van der Waals surface area contributed by atoms with Gasteiger partial charge >= 0.3 is 0 Å². The van der Waals surface area contributed by atoms with Crippen molar-refractivity contribution in [1.82, 2.24) is 5.32 Å². The number of nitrogens with one attached hydrogen (secondary N) is 2. The van der Waals surface area contributed by atoms with Crippen LogP contribution in [0.15, 0.2) is 18.2 Å². The van der Waals surface area contributed by atoms with Crippen LogP contribution in [-0.2, 0) is 0 Å². The SMILES string of the molecule is CCNc1cc(C)ccc1C(=O)NC1CCCC1. The predicted octanol–water partition coefficient (Wildman–Crippen LogP) is 3.10. The smallest absolute Gasteiger partial charge is 0.253 e. The Kier molecular flexibility index (Phi) is 4.24. The maximum Gasteiger partial charge on any atom is 0.253 e. The Morgan fingerprint density at radius 3 is 2.72 bits per heavy atom. The van der Waals surface area contributed by atoms with Crippen LogP contribution in [0.3, 0.4) is 0 Å². The zero-order valence-electron chi connectivity index (χ0n) is 11.3. The number of hydrogen-bond donors (Lipinski definition) is 2. The van der Waals surface area contributed by atoms with Crippen LogP contribution in [0.5, 0.6) is 0 Å². The highest BCUT2D eigenvalue weighted by Crippen LogP contribution is 2.21. The van der Waals surface area contributed by atoms with Crippen molar-refractivity contribution in [1.29, 1.82) is 0 Å². The van der Waals surface area contributed by atoms with Crippen LogP contribution in [0.2, 0.25) is 0 Å². The van der Waals surface area contributed by atoms with Crippen LogP contribution in [-0.4, -0.2) is 18.5 Å². The van der Waals surface area contributed by atoms with Gasteiger partial charge in [0.25, 0.3) is 5.91 Å². The highest BCUT2D eigenvalue weighted by Gasteiger charge is 2.19. The molecule has 1 saturated carbocycles. The summed E-state index contributed by atoms with van der Waals surface area (Å²) in [6, 6.07) is 6.31. The van der Waals surface area contributed by atoms with Crippen LogP contribution in [0.4, 0.5) is 5.69 Å². The van der Waals surface area contributed by atoms with Gasteiger partial charge in [-0.25, -0.2) is 0 Å². The van der Waals surface area contributed by atoms with Gasteiger partial charge < -0.3 is 10.6 Å². The van der Waals surface area contributed by atoms with Crippen LogP contribution in [0.25, 0.3) is 0 Å². The van der Waals surface area contributed by atoms with Gasteiger partial charge in [-0.15, -0.1) is 0 Å². The van der Waals surface area contributed by atoms with E-state index >= 15 is 0 Å². The van der Waals surface area contributed by atoms with E-state index in [2.05, 4.69) is 10.6 Å². The minimum Gasteiger partial charge on any atom is -0.385 e. The Hall–Kier alpha value is -1.51. The van der Waals surface area contributed by atoms with E-state index < -0.39 is 0 Å². The molecule has 0 bridgehead atoms. The number of carbonyl (C=O) groups excluding carboxylic acids is 1. The van der Waals surface area contributed by atoms with Gasteiger partial charge in [-0.1, -0.05) is 18.9 Å². The van der Waals surface area contributed by atoms with Crippen molar-refractivity contribution < 1.29 is 4.79 Å². The monoisotopic (exact) mass is 246 g/mol. The summed E-state index contributed by atoms with van der Waals surface area (Å²) in [6.45, 7) is 4.91. The lowest BCUT2D eigenvalue weighted by Crippen LogP contribution is -2.33. The van der Waals surface area contributed by atoms with Gasteiger partial charge in [-0.05, 0) is 44.4 Å². The Morgan fingerprint density at radius 2 is 2.06 bits per heavy atom. The summed E-state index contributed by atoms with van der Waals surface area (Å²) in [6.07, 6.45) is 4.71. The van der Waals surface area contributed by atoms with Crippen molar-refractivity contribution in [3.63, 3.8) is 0 Å². The molecule has 2 rings (SSSR count). The standard InChI is InChI=1S/C15H22N2O/c1-3-16-14-10-11(2)8-9-13(14)15(18)17-12-6-4-5-7-12/h8-10,12,16H,3-7H2,1-2H3,(H,17,18). The molecule has 2 N–H and O–H groups in total. The molecular formula is C15H22N2O. The highest BCUT2D eigenvalue weighted by molar-refractivity contribution is 5.99.